The van der Waals surface area contributed by atoms with Crippen molar-refractivity contribution in [1.29, 1.82) is 0 Å². The van der Waals surface area contributed by atoms with Gasteiger partial charge in [-0.3, -0.25) is 8.42 Å². The third-order valence-corrected chi connectivity index (χ3v) is 13.7. The molecule has 0 saturated heterocycles. The van der Waals surface area contributed by atoms with Gasteiger partial charge in [-0.05, 0) is 95.1 Å². The van der Waals surface area contributed by atoms with Crippen LogP contribution in [0, 0.1) is 0 Å². The highest BCUT2D eigenvalue weighted by Crippen LogP contribution is 2.33. The van der Waals surface area contributed by atoms with Crippen LogP contribution < -0.4 is 18.6 Å². The Bertz CT molecular complexity index is 3010. The molecular formula is C54H50Cl8N4O8S. The summed E-state index contributed by atoms with van der Waals surface area (Å²) in [6.45, 7) is 3.49. The Morgan fingerprint density at radius 1 is 0.493 bits per heavy atom. The Kier molecular flexibility index (Phi) is 23.3. The van der Waals surface area contributed by atoms with Gasteiger partial charge in [-0.2, -0.15) is 0 Å². The number of benzene rings is 6. The van der Waals surface area contributed by atoms with Gasteiger partial charge >= 0.3 is 0 Å². The molecule has 0 bridgehead atoms. The Labute approximate surface area is 476 Å². The molecule has 2 unspecified atom stereocenters. The van der Waals surface area contributed by atoms with Crippen LogP contribution in [0.25, 0.3) is 0 Å². The van der Waals surface area contributed by atoms with Crippen LogP contribution in [0.1, 0.15) is 45.6 Å². The molecule has 0 saturated carbocycles. The molecule has 0 aliphatic carbocycles. The standard InChI is InChI=1S/2C27H25Cl4N2O2.H2O4S/c2*1-34-23-7-2-19(3-8-23)10-11-32-12-13-33(18-32)16-27(24-9-6-22(29)15-26(24)31)35-17-20-4-5-21(28)14-25(20)30;1-5(2,3)4/h2*2-9,12-15,18,27H,10-11,16-17H2,1H3;(H2,1,2,3,4)/q2*+1;/p-2. The van der Waals surface area contributed by atoms with Crippen molar-refractivity contribution in [3.8, 4) is 11.5 Å². The van der Waals surface area contributed by atoms with Crippen molar-refractivity contribution >= 4 is 103 Å². The molecule has 8 rings (SSSR count). The Hall–Kier alpha value is -4.55. The number of methoxy groups -OCH3 is 2. The maximum atomic E-state index is 8.52. The van der Waals surface area contributed by atoms with Gasteiger partial charge < -0.3 is 28.1 Å². The first-order chi connectivity index (χ1) is 35.8. The van der Waals surface area contributed by atoms with Crippen LogP contribution in [-0.4, -0.2) is 40.9 Å². The third kappa shape index (κ3) is 20.1. The van der Waals surface area contributed by atoms with Crippen LogP contribution in [0.15, 0.2) is 159 Å². The molecular weight excluding hydrogens is 1150 g/mol. The van der Waals surface area contributed by atoms with Crippen LogP contribution in [0.5, 0.6) is 11.5 Å². The quantitative estimate of drug-likeness (QED) is 0.0418. The minimum atomic E-state index is -5.17. The number of rotatable bonds is 20. The van der Waals surface area contributed by atoms with Crippen LogP contribution in [-0.2, 0) is 72.1 Å². The fraction of sp³-hybridized carbons (Fsp3) is 0.222. The van der Waals surface area contributed by atoms with Crippen molar-refractivity contribution in [2.75, 3.05) is 14.2 Å². The summed E-state index contributed by atoms with van der Waals surface area (Å²) in [5.74, 6) is 1.72. The number of hydrogen-bond acceptors (Lipinski definition) is 8. The number of aryl methyl sites for hydroxylation is 4. The van der Waals surface area contributed by atoms with Gasteiger partial charge in [-0.25, -0.2) is 18.3 Å². The molecule has 0 aliphatic rings. The van der Waals surface area contributed by atoms with Crippen molar-refractivity contribution in [1.82, 2.24) is 9.13 Å². The summed E-state index contributed by atoms with van der Waals surface area (Å²) < 4.78 is 65.7. The van der Waals surface area contributed by atoms with Gasteiger partial charge in [0.1, 0.15) is 61.6 Å². The SMILES string of the molecule is COc1ccc(CCn2cc[n+](CC(OCc3ccc(Cl)cc3Cl)c3ccc(Cl)cc3Cl)c2)cc1.COc1ccc(CCn2cc[n+](CC(OCc3ccc(Cl)cc3Cl)c3ccc(Cl)cc3Cl)c2)cc1.O=S(=O)([O-])[O-]. The largest absolute Gasteiger partial charge is 0.759 e. The topological polar surface area (TPSA) is 135 Å². The van der Waals surface area contributed by atoms with Gasteiger partial charge in [-0.15, -0.1) is 0 Å². The minimum Gasteiger partial charge on any atom is -0.759 e. The van der Waals surface area contributed by atoms with E-state index in [0.717, 1.165) is 59.7 Å². The van der Waals surface area contributed by atoms with Crippen molar-refractivity contribution < 1.29 is 45.6 Å². The zero-order chi connectivity index (χ0) is 54.1. The number of nitrogens with zero attached hydrogens (tertiary/aromatic N) is 4. The van der Waals surface area contributed by atoms with Gasteiger partial charge in [0.05, 0.1) is 40.5 Å². The monoisotopic (exact) mass is 1190 g/mol. The average molecular weight is 1200 g/mol. The molecule has 6 aromatic carbocycles. The Morgan fingerprint density at radius 2 is 0.827 bits per heavy atom. The van der Waals surface area contributed by atoms with Crippen molar-refractivity contribution in [2.24, 2.45) is 0 Å². The number of halogens is 8. The zero-order valence-electron chi connectivity index (χ0n) is 40.3. The van der Waals surface area contributed by atoms with Crippen molar-refractivity contribution in [3.05, 3.63) is 232 Å². The van der Waals surface area contributed by atoms with E-state index in [2.05, 4.69) is 67.6 Å². The third-order valence-electron chi connectivity index (χ3n) is 11.4. The van der Waals surface area contributed by atoms with E-state index in [1.165, 1.54) is 11.1 Å². The first-order valence-electron chi connectivity index (χ1n) is 22.9. The number of ether oxygens (including phenoxy) is 4. The van der Waals surface area contributed by atoms with Gasteiger partial charge in [-0.1, -0.05) is 141 Å². The van der Waals surface area contributed by atoms with E-state index in [1.807, 2.05) is 73.1 Å². The summed E-state index contributed by atoms with van der Waals surface area (Å²) >= 11 is 50.1. The van der Waals surface area contributed by atoms with E-state index < -0.39 is 10.4 Å². The predicted octanol–water partition coefficient (Wildman–Crippen LogP) is 13.9. The molecule has 0 fully saturated rings. The van der Waals surface area contributed by atoms with Gasteiger partial charge in [0, 0.05) is 74.5 Å². The summed E-state index contributed by atoms with van der Waals surface area (Å²) in [5.41, 5.74) is 5.93. The highest BCUT2D eigenvalue weighted by molar-refractivity contribution is 7.79. The molecule has 0 N–H and O–H groups in total. The van der Waals surface area contributed by atoms with E-state index in [-0.39, 0.29) is 12.2 Å². The molecule has 21 heteroatoms. The fourth-order valence-corrected chi connectivity index (χ4v) is 9.49. The van der Waals surface area contributed by atoms with Crippen LogP contribution in [0.4, 0.5) is 0 Å². The smallest absolute Gasteiger partial charge is 0.243 e. The lowest BCUT2D eigenvalue weighted by Gasteiger charge is -2.19. The van der Waals surface area contributed by atoms with Crippen molar-refractivity contribution in [2.45, 2.75) is 64.4 Å². The summed E-state index contributed by atoms with van der Waals surface area (Å²) in [5, 5.41) is 4.58. The summed E-state index contributed by atoms with van der Waals surface area (Å²) in [6, 6.07) is 37.9. The highest BCUT2D eigenvalue weighted by atomic mass is 35.5. The molecule has 2 heterocycles. The summed E-state index contributed by atoms with van der Waals surface area (Å²) in [7, 11) is -1.82. The molecule has 0 amide bonds. The molecule has 0 spiro atoms. The van der Waals surface area contributed by atoms with Crippen LogP contribution in [0.2, 0.25) is 40.2 Å². The predicted molar refractivity (Wildman–Crippen MR) is 294 cm³/mol. The first kappa shape index (κ1) is 59.7. The van der Waals surface area contributed by atoms with Gasteiger partial charge in [0.25, 0.3) is 0 Å². The molecule has 2 atom stereocenters. The summed E-state index contributed by atoms with van der Waals surface area (Å²) in [6.07, 6.45) is 13.5. The molecule has 12 nitrogen and oxygen atoms in total. The Morgan fingerprint density at radius 3 is 1.15 bits per heavy atom. The summed E-state index contributed by atoms with van der Waals surface area (Å²) in [4.78, 5) is 0. The van der Waals surface area contributed by atoms with Crippen molar-refractivity contribution in [3.63, 3.8) is 0 Å². The van der Waals surface area contributed by atoms with E-state index in [4.69, 9.17) is 129 Å². The second-order valence-corrected chi connectivity index (χ2v) is 20.9. The minimum absolute atomic E-state index is 0.311. The van der Waals surface area contributed by atoms with Crippen LogP contribution >= 0.6 is 92.8 Å². The van der Waals surface area contributed by atoms with Gasteiger partial charge in [0.2, 0.25) is 12.7 Å². The molecule has 0 aliphatic heterocycles. The first-order valence-corrected chi connectivity index (χ1v) is 27.2. The second-order valence-electron chi connectivity index (χ2n) is 16.7. The fourth-order valence-electron chi connectivity index (χ4n) is 7.51. The number of aromatic nitrogens is 4. The molecule has 2 aromatic heterocycles. The highest BCUT2D eigenvalue weighted by Gasteiger charge is 2.23. The van der Waals surface area contributed by atoms with Crippen LogP contribution in [0.3, 0.4) is 0 Å². The maximum Gasteiger partial charge on any atom is 0.243 e. The second kappa shape index (κ2) is 29.3. The van der Waals surface area contributed by atoms with E-state index in [1.54, 1.807) is 50.6 Å². The van der Waals surface area contributed by atoms with E-state index in [0.29, 0.717) is 66.5 Å². The lowest BCUT2D eigenvalue weighted by atomic mass is 10.1. The van der Waals surface area contributed by atoms with E-state index >= 15 is 0 Å². The lowest BCUT2D eigenvalue weighted by molar-refractivity contribution is -0.705. The lowest BCUT2D eigenvalue weighted by Crippen LogP contribution is -2.35. The Balaban J connectivity index is 0.000000224. The molecule has 0 radical (unpaired) electrons. The maximum absolute atomic E-state index is 8.52. The molecule has 75 heavy (non-hydrogen) atoms. The molecule has 396 valence electrons. The number of hydrogen-bond donors (Lipinski definition) is 0. The average Bonchev–Trinajstić information content (AvgIpc) is 4.03. The van der Waals surface area contributed by atoms with Gasteiger partial charge in [0.15, 0.2) is 0 Å². The zero-order valence-corrected chi connectivity index (χ0v) is 47.2. The number of imidazole rings is 2. The molecule has 8 aromatic rings. The normalized spacial score (nSPS) is 12.0. The van der Waals surface area contributed by atoms with E-state index in [9.17, 15) is 0 Å².